The minimum Gasteiger partial charge on any atom is -0.342 e. The Morgan fingerprint density at radius 3 is 2.67 bits per heavy atom. The van der Waals surface area contributed by atoms with Crippen LogP contribution in [0.15, 0.2) is 59.8 Å². The lowest BCUT2D eigenvalue weighted by molar-refractivity contribution is -0.120. The van der Waals surface area contributed by atoms with E-state index in [0.717, 1.165) is 34.9 Å². The number of hydrazone groups is 1. The molecule has 1 aliphatic carbocycles. The quantitative estimate of drug-likeness (QED) is 0.456. The van der Waals surface area contributed by atoms with Crippen LogP contribution in [-0.4, -0.2) is 29.3 Å². The number of fused-ring (bicyclic) bond motifs is 1. The monoisotopic (exact) mass is 406 g/mol. The van der Waals surface area contributed by atoms with Crippen LogP contribution in [0.25, 0.3) is 10.9 Å². The van der Waals surface area contributed by atoms with Crippen molar-refractivity contribution in [2.75, 3.05) is 6.54 Å². The number of amides is 1. The van der Waals surface area contributed by atoms with Gasteiger partial charge in [-0.2, -0.15) is 5.10 Å². The molecule has 1 aliphatic rings. The Morgan fingerprint density at radius 2 is 1.87 bits per heavy atom. The molecule has 1 saturated carbocycles. The van der Waals surface area contributed by atoms with Crippen molar-refractivity contribution >= 4 is 23.0 Å². The summed E-state index contributed by atoms with van der Waals surface area (Å²) in [5, 5.41) is 8.53. The first-order valence-electron chi connectivity index (χ1n) is 10.6. The number of benzene rings is 2. The van der Waals surface area contributed by atoms with Gasteiger partial charge < -0.3 is 9.88 Å². The number of rotatable bonds is 7. The van der Waals surface area contributed by atoms with Crippen molar-refractivity contribution in [3.05, 3.63) is 71.7 Å². The Morgan fingerprint density at radius 1 is 1.10 bits per heavy atom. The smallest absolute Gasteiger partial charge is 0.254 e. The number of nitrogens with zero attached hydrogens (tertiary/aromatic N) is 2. The molecule has 0 saturated heterocycles. The van der Waals surface area contributed by atoms with Crippen molar-refractivity contribution in [1.29, 1.82) is 0 Å². The first-order valence-corrected chi connectivity index (χ1v) is 10.6. The fourth-order valence-corrected chi connectivity index (χ4v) is 4.05. The van der Waals surface area contributed by atoms with Crippen LogP contribution >= 0.6 is 0 Å². The zero-order valence-electron chi connectivity index (χ0n) is 17.0. The van der Waals surface area contributed by atoms with Crippen LogP contribution in [0.1, 0.15) is 43.2 Å². The molecule has 1 heterocycles. The topological polar surface area (TPSA) is 58.4 Å². The van der Waals surface area contributed by atoms with E-state index in [1.165, 1.54) is 31.4 Å². The summed E-state index contributed by atoms with van der Waals surface area (Å²) < 4.78 is 15.3. The Kier molecular flexibility index (Phi) is 6.54. The molecule has 0 atom stereocenters. The minimum atomic E-state index is -0.238. The van der Waals surface area contributed by atoms with Gasteiger partial charge in [-0.05, 0) is 36.6 Å². The third-order valence-electron chi connectivity index (χ3n) is 5.63. The molecular formula is C24H27FN4O. The molecule has 2 N–H and O–H groups in total. The first kappa shape index (κ1) is 20.3. The molecule has 1 amide bonds. The predicted molar refractivity (Wildman–Crippen MR) is 118 cm³/mol. The maximum Gasteiger partial charge on any atom is 0.254 e. The normalized spacial score (nSPS) is 15.1. The highest BCUT2D eigenvalue weighted by atomic mass is 19.1. The van der Waals surface area contributed by atoms with Gasteiger partial charge in [-0.1, -0.05) is 49.6 Å². The number of halogens is 1. The number of nitrogens with one attached hydrogen (secondary N) is 2. The Hall–Kier alpha value is -2.99. The summed E-state index contributed by atoms with van der Waals surface area (Å²) in [5.74, 6) is -0.371. The van der Waals surface area contributed by atoms with Gasteiger partial charge in [0, 0.05) is 35.2 Å². The average molecular weight is 407 g/mol. The molecule has 0 radical (unpaired) electrons. The highest BCUT2D eigenvalue weighted by Gasteiger charge is 2.13. The number of aromatic nitrogens is 1. The standard InChI is InChI=1S/C24H27FN4O/c25-20-12-10-18(11-13-20)16-29-17-19(22-8-4-5-9-23(22)29)14-27-28-24(30)15-26-21-6-2-1-3-7-21/h4-5,8-14,17,21,26H,1-3,6-7,15-16H2,(H,28,30)/b27-14-. The van der Waals surface area contributed by atoms with E-state index in [1.807, 2.05) is 30.5 Å². The van der Waals surface area contributed by atoms with Gasteiger partial charge in [-0.15, -0.1) is 0 Å². The van der Waals surface area contributed by atoms with Gasteiger partial charge in [-0.25, -0.2) is 9.82 Å². The summed E-state index contributed by atoms with van der Waals surface area (Å²) in [7, 11) is 0. The second-order valence-corrected chi connectivity index (χ2v) is 7.86. The summed E-state index contributed by atoms with van der Waals surface area (Å²) in [6.45, 7) is 0.917. The van der Waals surface area contributed by atoms with Gasteiger partial charge in [0.2, 0.25) is 0 Å². The summed E-state index contributed by atoms with van der Waals surface area (Å²) in [5.41, 5.74) is 5.62. The summed E-state index contributed by atoms with van der Waals surface area (Å²) in [4.78, 5) is 12.1. The lowest BCUT2D eigenvalue weighted by Crippen LogP contribution is -2.38. The van der Waals surface area contributed by atoms with E-state index in [9.17, 15) is 9.18 Å². The first-order chi connectivity index (χ1) is 14.7. The molecule has 156 valence electrons. The lowest BCUT2D eigenvalue weighted by Gasteiger charge is -2.22. The zero-order valence-corrected chi connectivity index (χ0v) is 17.0. The minimum absolute atomic E-state index is 0.133. The molecule has 2 aromatic carbocycles. The average Bonchev–Trinajstić information content (AvgIpc) is 3.12. The maximum absolute atomic E-state index is 13.2. The van der Waals surface area contributed by atoms with Crippen molar-refractivity contribution in [3.63, 3.8) is 0 Å². The molecule has 3 aromatic rings. The number of carbonyl (C=O) groups excluding carboxylic acids is 1. The predicted octanol–water partition coefficient (Wildman–Crippen LogP) is 4.20. The van der Waals surface area contributed by atoms with Gasteiger partial charge in [0.1, 0.15) is 5.82 Å². The number of para-hydroxylation sites is 1. The lowest BCUT2D eigenvalue weighted by atomic mass is 9.95. The molecular weight excluding hydrogens is 379 g/mol. The third kappa shape index (κ3) is 5.13. The molecule has 0 bridgehead atoms. The van der Waals surface area contributed by atoms with Gasteiger partial charge in [0.25, 0.3) is 5.91 Å². The fraction of sp³-hybridized carbons (Fsp3) is 0.333. The van der Waals surface area contributed by atoms with Crippen molar-refractivity contribution in [2.45, 2.75) is 44.7 Å². The molecule has 0 aliphatic heterocycles. The molecule has 1 aromatic heterocycles. The summed E-state index contributed by atoms with van der Waals surface area (Å²) >= 11 is 0. The van der Waals surface area contributed by atoms with Crippen LogP contribution in [0.2, 0.25) is 0 Å². The van der Waals surface area contributed by atoms with E-state index >= 15 is 0 Å². The molecule has 0 spiro atoms. The maximum atomic E-state index is 13.2. The van der Waals surface area contributed by atoms with E-state index in [0.29, 0.717) is 12.6 Å². The van der Waals surface area contributed by atoms with Crippen LogP contribution < -0.4 is 10.7 Å². The van der Waals surface area contributed by atoms with Crippen LogP contribution in [0, 0.1) is 5.82 Å². The summed E-state index contributed by atoms with van der Waals surface area (Å²) in [6.07, 6.45) is 9.74. The van der Waals surface area contributed by atoms with Crippen molar-refractivity contribution in [1.82, 2.24) is 15.3 Å². The SMILES string of the molecule is O=C(CNC1CCCCC1)N/N=C\c1cn(Cc2ccc(F)cc2)c2ccccc12. The van der Waals surface area contributed by atoms with E-state index < -0.39 is 0 Å². The largest absolute Gasteiger partial charge is 0.342 e. The van der Waals surface area contributed by atoms with Crippen LogP contribution in [0.5, 0.6) is 0 Å². The third-order valence-corrected chi connectivity index (χ3v) is 5.63. The number of hydrogen-bond acceptors (Lipinski definition) is 3. The van der Waals surface area contributed by atoms with E-state index in [-0.39, 0.29) is 18.3 Å². The molecule has 30 heavy (non-hydrogen) atoms. The fourth-order valence-electron chi connectivity index (χ4n) is 4.05. The van der Waals surface area contributed by atoms with Crippen LogP contribution in [0.3, 0.4) is 0 Å². The van der Waals surface area contributed by atoms with Gasteiger partial charge in [0.15, 0.2) is 0 Å². The van der Waals surface area contributed by atoms with E-state index in [2.05, 4.69) is 20.4 Å². The van der Waals surface area contributed by atoms with Crippen LogP contribution in [-0.2, 0) is 11.3 Å². The highest BCUT2D eigenvalue weighted by molar-refractivity contribution is 5.99. The van der Waals surface area contributed by atoms with E-state index in [1.54, 1.807) is 18.3 Å². The second-order valence-electron chi connectivity index (χ2n) is 7.86. The Bertz CT molecular complexity index is 1020. The number of carbonyl (C=O) groups is 1. The molecule has 1 fully saturated rings. The van der Waals surface area contributed by atoms with E-state index in [4.69, 9.17) is 0 Å². The van der Waals surface area contributed by atoms with Crippen molar-refractivity contribution in [3.8, 4) is 0 Å². The summed E-state index contributed by atoms with van der Waals surface area (Å²) in [6, 6.07) is 15.0. The second kappa shape index (κ2) is 9.67. The highest BCUT2D eigenvalue weighted by Crippen LogP contribution is 2.21. The van der Waals surface area contributed by atoms with Crippen molar-refractivity contribution in [2.24, 2.45) is 5.10 Å². The van der Waals surface area contributed by atoms with Gasteiger partial charge in [-0.3, -0.25) is 4.79 Å². The molecule has 0 unspecified atom stereocenters. The molecule has 4 rings (SSSR count). The zero-order chi connectivity index (χ0) is 20.8. The van der Waals surface area contributed by atoms with Gasteiger partial charge >= 0.3 is 0 Å². The Balaban J connectivity index is 1.40. The van der Waals surface area contributed by atoms with Gasteiger partial charge in [0.05, 0.1) is 12.8 Å². The van der Waals surface area contributed by atoms with Crippen LogP contribution in [0.4, 0.5) is 4.39 Å². The Labute approximate surface area is 176 Å². The number of hydrogen-bond donors (Lipinski definition) is 2. The molecule has 5 nitrogen and oxygen atoms in total. The van der Waals surface area contributed by atoms with Crippen molar-refractivity contribution < 1.29 is 9.18 Å². The molecule has 6 heteroatoms.